The van der Waals surface area contributed by atoms with Crippen molar-refractivity contribution in [3.05, 3.63) is 17.6 Å². The molecule has 1 aromatic heterocycles. The first-order valence-corrected chi connectivity index (χ1v) is 8.20. The van der Waals surface area contributed by atoms with Gasteiger partial charge in [-0.2, -0.15) is 0 Å². The van der Waals surface area contributed by atoms with Crippen molar-refractivity contribution in [2.24, 2.45) is 11.8 Å². The van der Waals surface area contributed by atoms with E-state index in [0.717, 1.165) is 36.9 Å². The Balaban J connectivity index is 2.20. The van der Waals surface area contributed by atoms with Crippen molar-refractivity contribution in [2.75, 3.05) is 11.9 Å². The summed E-state index contributed by atoms with van der Waals surface area (Å²) in [6.07, 6.45) is 5.98. The van der Waals surface area contributed by atoms with Crippen molar-refractivity contribution in [1.29, 1.82) is 0 Å². The number of aromatic nitrogens is 2. The summed E-state index contributed by atoms with van der Waals surface area (Å²) in [5.41, 5.74) is 1.20. The summed E-state index contributed by atoms with van der Waals surface area (Å²) in [5, 5.41) is 3.43. The molecule has 3 nitrogen and oxygen atoms in total. The van der Waals surface area contributed by atoms with Gasteiger partial charge in [0.05, 0.1) is 0 Å². The molecule has 2 unspecified atom stereocenters. The first kappa shape index (κ1) is 15.3. The van der Waals surface area contributed by atoms with E-state index in [1.54, 1.807) is 0 Å². The van der Waals surface area contributed by atoms with Gasteiger partial charge in [-0.05, 0) is 43.9 Å². The van der Waals surface area contributed by atoms with Crippen LogP contribution in [-0.2, 0) is 6.42 Å². The monoisotopic (exact) mass is 275 g/mol. The van der Waals surface area contributed by atoms with Gasteiger partial charge in [0.15, 0.2) is 0 Å². The summed E-state index contributed by atoms with van der Waals surface area (Å²) >= 11 is 0. The van der Waals surface area contributed by atoms with E-state index in [1.807, 2.05) is 0 Å². The smallest absolute Gasteiger partial charge is 0.134 e. The van der Waals surface area contributed by atoms with Crippen LogP contribution in [0.15, 0.2) is 6.07 Å². The molecule has 0 bridgehead atoms. The molecule has 0 aromatic carbocycles. The summed E-state index contributed by atoms with van der Waals surface area (Å²) in [5.74, 6) is 4.13. The largest absolute Gasteiger partial charge is 0.370 e. The lowest BCUT2D eigenvalue weighted by Gasteiger charge is -2.14. The van der Waals surface area contributed by atoms with E-state index in [1.165, 1.54) is 25.0 Å². The van der Waals surface area contributed by atoms with Crippen LogP contribution in [-0.4, -0.2) is 16.5 Å². The minimum Gasteiger partial charge on any atom is -0.370 e. The molecule has 112 valence electrons. The molecule has 20 heavy (non-hydrogen) atoms. The summed E-state index contributed by atoms with van der Waals surface area (Å²) in [6.45, 7) is 10.0. The van der Waals surface area contributed by atoms with Gasteiger partial charge in [-0.3, -0.25) is 0 Å². The van der Waals surface area contributed by atoms with Crippen molar-refractivity contribution in [3.63, 3.8) is 0 Å². The van der Waals surface area contributed by atoms with Crippen molar-refractivity contribution >= 4 is 5.82 Å². The molecule has 0 spiro atoms. The van der Waals surface area contributed by atoms with E-state index in [0.29, 0.717) is 11.8 Å². The Morgan fingerprint density at radius 2 is 2.10 bits per heavy atom. The maximum Gasteiger partial charge on any atom is 0.134 e. The van der Waals surface area contributed by atoms with Crippen LogP contribution in [0.4, 0.5) is 5.82 Å². The van der Waals surface area contributed by atoms with Gasteiger partial charge in [-0.15, -0.1) is 0 Å². The molecule has 3 heteroatoms. The average molecular weight is 275 g/mol. The fraction of sp³-hybridized carbons (Fsp3) is 0.765. The molecule has 0 saturated heterocycles. The molecule has 0 radical (unpaired) electrons. The Kier molecular flexibility index (Phi) is 5.38. The van der Waals surface area contributed by atoms with Gasteiger partial charge in [0, 0.05) is 24.2 Å². The Labute approximate surface area is 123 Å². The zero-order valence-corrected chi connectivity index (χ0v) is 13.4. The lowest BCUT2D eigenvalue weighted by atomic mass is 10.0. The zero-order chi connectivity index (χ0) is 14.5. The van der Waals surface area contributed by atoms with Gasteiger partial charge in [0.25, 0.3) is 0 Å². The maximum absolute atomic E-state index is 4.85. The third-order valence-corrected chi connectivity index (χ3v) is 4.03. The Morgan fingerprint density at radius 3 is 2.70 bits per heavy atom. The van der Waals surface area contributed by atoms with E-state index in [4.69, 9.17) is 9.97 Å². The highest BCUT2D eigenvalue weighted by Crippen LogP contribution is 2.36. The molecular weight excluding hydrogens is 246 g/mol. The van der Waals surface area contributed by atoms with Gasteiger partial charge in [-0.1, -0.05) is 27.7 Å². The fourth-order valence-corrected chi connectivity index (χ4v) is 3.01. The van der Waals surface area contributed by atoms with Crippen molar-refractivity contribution < 1.29 is 0 Å². The second kappa shape index (κ2) is 7.05. The SMILES string of the molecule is CCCNc1cc(CC(C)C)nc(C2CCC(C)C2)n1. The molecule has 1 heterocycles. The van der Waals surface area contributed by atoms with Crippen LogP contribution in [0.2, 0.25) is 0 Å². The van der Waals surface area contributed by atoms with Crippen LogP contribution in [0.3, 0.4) is 0 Å². The minimum atomic E-state index is 0.569. The molecule has 1 N–H and O–H groups in total. The minimum absolute atomic E-state index is 0.569. The lowest BCUT2D eigenvalue weighted by molar-refractivity contribution is 0.578. The highest BCUT2D eigenvalue weighted by atomic mass is 15.0. The number of anilines is 1. The van der Waals surface area contributed by atoms with Gasteiger partial charge in [0.1, 0.15) is 11.6 Å². The second-order valence-corrected chi connectivity index (χ2v) is 6.74. The molecule has 0 aliphatic heterocycles. The van der Waals surface area contributed by atoms with Gasteiger partial charge < -0.3 is 5.32 Å². The lowest BCUT2D eigenvalue weighted by Crippen LogP contribution is -2.10. The summed E-state index contributed by atoms with van der Waals surface area (Å²) in [7, 11) is 0. The van der Waals surface area contributed by atoms with Crippen LogP contribution in [0, 0.1) is 11.8 Å². The van der Waals surface area contributed by atoms with Crippen LogP contribution < -0.4 is 5.32 Å². The van der Waals surface area contributed by atoms with Crippen molar-refractivity contribution in [1.82, 2.24) is 9.97 Å². The number of hydrogen-bond acceptors (Lipinski definition) is 3. The van der Waals surface area contributed by atoms with E-state index in [-0.39, 0.29) is 0 Å². The standard InChI is InChI=1S/C17H29N3/c1-5-8-18-16-11-15(9-12(2)3)19-17(20-16)14-7-6-13(4)10-14/h11-14H,5-10H2,1-4H3,(H,18,19,20). The molecule has 1 aliphatic carbocycles. The summed E-state index contributed by atoms with van der Waals surface area (Å²) < 4.78 is 0. The molecule has 2 atom stereocenters. The molecule has 1 aliphatic rings. The highest BCUT2D eigenvalue weighted by molar-refractivity contribution is 5.36. The third-order valence-electron chi connectivity index (χ3n) is 4.03. The van der Waals surface area contributed by atoms with E-state index >= 15 is 0 Å². The number of hydrogen-bond donors (Lipinski definition) is 1. The zero-order valence-electron chi connectivity index (χ0n) is 13.4. The van der Waals surface area contributed by atoms with Crippen LogP contribution in [0.5, 0.6) is 0 Å². The summed E-state index contributed by atoms with van der Waals surface area (Å²) in [6, 6.07) is 2.14. The van der Waals surface area contributed by atoms with Crippen LogP contribution >= 0.6 is 0 Å². The molecule has 1 saturated carbocycles. The number of nitrogens with zero attached hydrogens (tertiary/aromatic N) is 2. The molecule has 0 amide bonds. The van der Waals surface area contributed by atoms with Crippen LogP contribution in [0.25, 0.3) is 0 Å². The average Bonchev–Trinajstić information content (AvgIpc) is 2.82. The normalized spacial score (nSPS) is 22.4. The molecular formula is C17H29N3. The second-order valence-electron chi connectivity index (χ2n) is 6.74. The third kappa shape index (κ3) is 4.19. The quantitative estimate of drug-likeness (QED) is 0.836. The van der Waals surface area contributed by atoms with Gasteiger partial charge in [0.2, 0.25) is 0 Å². The molecule has 2 rings (SSSR count). The first-order chi connectivity index (χ1) is 9.58. The Bertz CT molecular complexity index is 428. The van der Waals surface area contributed by atoms with Crippen LogP contribution in [0.1, 0.15) is 70.8 Å². The molecule has 1 aromatic rings. The van der Waals surface area contributed by atoms with E-state index < -0.39 is 0 Å². The molecule has 1 fully saturated rings. The highest BCUT2D eigenvalue weighted by Gasteiger charge is 2.25. The number of rotatable bonds is 6. The van der Waals surface area contributed by atoms with E-state index in [2.05, 4.69) is 39.1 Å². The predicted molar refractivity (Wildman–Crippen MR) is 85.1 cm³/mol. The maximum atomic E-state index is 4.85. The number of nitrogens with one attached hydrogen (secondary N) is 1. The Hall–Kier alpha value is -1.12. The topological polar surface area (TPSA) is 37.8 Å². The van der Waals surface area contributed by atoms with Gasteiger partial charge >= 0.3 is 0 Å². The Morgan fingerprint density at radius 1 is 1.30 bits per heavy atom. The van der Waals surface area contributed by atoms with Gasteiger partial charge in [-0.25, -0.2) is 9.97 Å². The van der Waals surface area contributed by atoms with Crippen molar-refractivity contribution in [2.45, 2.75) is 65.7 Å². The predicted octanol–water partition coefficient (Wildman–Crippen LogP) is 4.40. The van der Waals surface area contributed by atoms with E-state index in [9.17, 15) is 0 Å². The fourth-order valence-electron chi connectivity index (χ4n) is 3.01. The van der Waals surface area contributed by atoms with Crippen molar-refractivity contribution in [3.8, 4) is 0 Å². The first-order valence-electron chi connectivity index (χ1n) is 8.20. The summed E-state index contributed by atoms with van der Waals surface area (Å²) in [4.78, 5) is 9.62.